The van der Waals surface area contributed by atoms with E-state index in [1.165, 1.54) is 0 Å². The first-order chi connectivity index (χ1) is 11.3. The van der Waals surface area contributed by atoms with Gasteiger partial charge in [-0.3, -0.25) is 4.79 Å². The third-order valence-corrected chi connectivity index (χ3v) is 4.07. The number of hydrogen-bond donors (Lipinski definition) is 1. The molecule has 0 unspecified atom stereocenters. The Morgan fingerprint density at radius 3 is 2.91 bits per heavy atom. The Hall–Kier alpha value is -2.37. The van der Waals surface area contributed by atoms with Crippen molar-refractivity contribution in [3.8, 4) is 0 Å². The molecule has 1 amide bonds. The molecule has 0 saturated carbocycles. The molecule has 6 nitrogen and oxygen atoms in total. The topological polar surface area (TPSA) is 71.3 Å². The van der Waals surface area contributed by atoms with Gasteiger partial charge in [0, 0.05) is 37.8 Å². The minimum atomic E-state index is -0.0348. The molecule has 1 fully saturated rings. The Labute approximate surface area is 135 Å². The van der Waals surface area contributed by atoms with Crippen molar-refractivity contribution in [3.05, 3.63) is 41.9 Å². The number of pyridine rings is 1. The third kappa shape index (κ3) is 3.88. The van der Waals surface area contributed by atoms with Crippen LogP contribution in [0.4, 0.5) is 5.82 Å². The number of piperidine rings is 1. The number of nitrogens with zero attached hydrogens (tertiary/aromatic N) is 3. The van der Waals surface area contributed by atoms with E-state index in [-0.39, 0.29) is 5.91 Å². The summed E-state index contributed by atoms with van der Waals surface area (Å²) in [4.78, 5) is 18.6. The highest BCUT2D eigenvalue weighted by atomic mass is 16.5. The first-order valence-corrected chi connectivity index (χ1v) is 8.18. The van der Waals surface area contributed by atoms with Gasteiger partial charge in [-0.2, -0.15) is 0 Å². The van der Waals surface area contributed by atoms with Gasteiger partial charge in [0.25, 0.3) is 5.91 Å². The average Bonchev–Trinajstić information content (AvgIpc) is 3.05. The maximum absolute atomic E-state index is 12.5. The van der Waals surface area contributed by atoms with Crippen LogP contribution in [-0.4, -0.2) is 40.1 Å². The van der Waals surface area contributed by atoms with Crippen LogP contribution in [0.5, 0.6) is 0 Å². The molecule has 1 saturated heterocycles. The molecule has 0 aliphatic carbocycles. The highest BCUT2D eigenvalue weighted by Crippen LogP contribution is 2.17. The first kappa shape index (κ1) is 15.5. The molecule has 0 radical (unpaired) electrons. The number of nitrogens with one attached hydrogen (secondary N) is 1. The molecule has 6 heteroatoms. The second-order valence-electron chi connectivity index (χ2n) is 5.85. The maximum Gasteiger partial charge on any atom is 0.276 e. The summed E-state index contributed by atoms with van der Waals surface area (Å²) in [5, 5.41) is 7.32. The van der Waals surface area contributed by atoms with E-state index in [9.17, 15) is 4.79 Å². The predicted octanol–water partition coefficient (Wildman–Crippen LogP) is 2.74. The molecule has 1 N–H and O–H groups in total. The number of rotatable bonds is 5. The van der Waals surface area contributed by atoms with Gasteiger partial charge >= 0.3 is 0 Å². The molecular formula is C17H22N4O2. The van der Waals surface area contributed by atoms with Crippen molar-refractivity contribution in [3.63, 3.8) is 0 Å². The molecule has 2 aromatic heterocycles. The van der Waals surface area contributed by atoms with Crippen LogP contribution >= 0.6 is 0 Å². The van der Waals surface area contributed by atoms with E-state index in [4.69, 9.17) is 4.52 Å². The van der Waals surface area contributed by atoms with Gasteiger partial charge in [-0.25, -0.2) is 4.98 Å². The van der Waals surface area contributed by atoms with Crippen molar-refractivity contribution in [2.75, 3.05) is 18.4 Å². The number of carbonyl (C=O) groups is 1. The fraction of sp³-hybridized carbons (Fsp3) is 0.471. The number of carbonyl (C=O) groups excluding carboxylic acids is 1. The lowest BCUT2D eigenvalue weighted by molar-refractivity contribution is 0.0708. The second-order valence-corrected chi connectivity index (χ2v) is 5.85. The van der Waals surface area contributed by atoms with E-state index in [1.54, 1.807) is 12.3 Å². The van der Waals surface area contributed by atoms with Gasteiger partial charge in [-0.05, 0) is 31.4 Å². The van der Waals surface area contributed by atoms with Gasteiger partial charge in [0.05, 0.1) is 0 Å². The van der Waals surface area contributed by atoms with Crippen LogP contribution < -0.4 is 5.32 Å². The normalized spacial score (nSPS) is 15.6. The van der Waals surface area contributed by atoms with Crippen LogP contribution in [0.1, 0.15) is 42.4 Å². The van der Waals surface area contributed by atoms with Gasteiger partial charge < -0.3 is 14.7 Å². The summed E-state index contributed by atoms with van der Waals surface area (Å²) in [5.74, 6) is 1.63. The molecule has 0 aromatic carbocycles. The Bertz CT molecular complexity index is 633. The maximum atomic E-state index is 12.5. The summed E-state index contributed by atoms with van der Waals surface area (Å²) in [6.45, 7) is 3.52. The van der Waals surface area contributed by atoms with Gasteiger partial charge in [-0.1, -0.05) is 18.1 Å². The molecule has 0 spiro atoms. The van der Waals surface area contributed by atoms with Gasteiger partial charge in [0.1, 0.15) is 11.6 Å². The van der Waals surface area contributed by atoms with E-state index in [0.717, 1.165) is 50.4 Å². The quantitative estimate of drug-likeness (QED) is 0.919. The van der Waals surface area contributed by atoms with Crippen molar-refractivity contribution in [1.82, 2.24) is 15.0 Å². The molecule has 2 aromatic rings. The lowest BCUT2D eigenvalue weighted by Gasteiger charge is -2.32. The van der Waals surface area contributed by atoms with E-state index in [0.29, 0.717) is 11.7 Å². The second kappa shape index (κ2) is 7.26. The Kier molecular flexibility index (Phi) is 4.90. The zero-order valence-electron chi connectivity index (χ0n) is 13.4. The lowest BCUT2D eigenvalue weighted by atomic mass is 10.0. The molecular weight excluding hydrogens is 292 g/mol. The zero-order chi connectivity index (χ0) is 16.1. The summed E-state index contributed by atoms with van der Waals surface area (Å²) in [6.07, 6.45) is 5.38. The van der Waals surface area contributed by atoms with Crippen molar-refractivity contribution in [2.45, 2.75) is 38.6 Å². The molecule has 122 valence electrons. The molecule has 1 aliphatic rings. The average molecular weight is 314 g/mol. The van der Waals surface area contributed by atoms with Crippen molar-refractivity contribution in [2.24, 2.45) is 0 Å². The summed E-state index contributed by atoms with van der Waals surface area (Å²) in [6, 6.07) is 7.94. The summed E-state index contributed by atoms with van der Waals surface area (Å²) >= 11 is 0. The van der Waals surface area contributed by atoms with E-state index >= 15 is 0 Å². The fourth-order valence-corrected chi connectivity index (χ4v) is 2.82. The number of aryl methyl sites for hydroxylation is 1. The molecule has 3 heterocycles. The Balaban J connectivity index is 1.52. The van der Waals surface area contributed by atoms with Crippen molar-refractivity contribution >= 4 is 11.7 Å². The SMILES string of the molecule is CCCc1cc(C(=O)N2CCC(Nc3ccccn3)CC2)no1. The van der Waals surface area contributed by atoms with Crippen LogP contribution in [0.3, 0.4) is 0 Å². The predicted molar refractivity (Wildman–Crippen MR) is 87.3 cm³/mol. The summed E-state index contributed by atoms with van der Waals surface area (Å²) in [5.41, 5.74) is 0.421. The number of likely N-dealkylation sites (tertiary alicyclic amines) is 1. The highest BCUT2D eigenvalue weighted by Gasteiger charge is 2.25. The minimum absolute atomic E-state index is 0.0348. The number of amides is 1. The zero-order valence-corrected chi connectivity index (χ0v) is 13.4. The van der Waals surface area contributed by atoms with Crippen LogP contribution in [0, 0.1) is 0 Å². The van der Waals surface area contributed by atoms with Gasteiger partial charge in [0.2, 0.25) is 0 Å². The molecule has 0 bridgehead atoms. The standard InChI is InChI=1S/C17H22N4O2/c1-2-5-14-12-15(20-23-14)17(22)21-10-7-13(8-11-21)19-16-6-3-4-9-18-16/h3-4,6,9,12-13H,2,5,7-8,10-11H2,1H3,(H,18,19). The smallest absolute Gasteiger partial charge is 0.276 e. The largest absolute Gasteiger partial charge is 0.367 e. The Morgan fingerprint density at radius 1 is 1.39 bits per heavy atom. The molecule has 3 rings (SSSR count). The minimum Gasteiger partial charge on any atom is -0.367 e. The lowest BCUT2D eigenvalue weighted by Crippen LogP contribution is -2.42. The van der Waals surface area contributed by atoms with Crippen LogP contribution in [-0.2, 0) is 6.42 Å². The van der Waals surface area contributed by atoms with Crippen LogP contribution in [0.15, 0.2) is 35.0 Å². The van der Waals surface area contributed by atoms with Crippen molar-refractivity contribution in [1.29, 1.82) is 0 Å². The van der Waals surface area contributed by atoms with Crippen LogP contribution in [0.25, 0.3) is 0 Å². The monoisotopic (exact) mass is 314 g/mol. The summed E-state index contributed by atoms with van der Waals surface area (Å²) < 4.78 is 5.20. The number of aromatic nitrogens is 2. The molecule has 1 aliphatic heterocycles. The van der Waals surface area contributed by atoms with Crippen LogP contribution in [0.2, 0.25) is 0 Å². The van der Waals surface area contributed by atoms with Gasteiger partial charge in [0.15, 0.2) is 5.69 Å². The number of anilines is 1. The summed E-state index contributed by atoms with van der Waals surface area (Å²) in [7, 11) is 0. The Morgan fingerprint density at radius 2 is 2.22 bits per heavy atom. The van der Waals surface area contributed by atoms with E-state index in [1.807, 2.05) is 23.1 Å². The third-order valence-electron chi connectivity index (χ3n) is 4.07. The fourth-order valence-electron chi connectivity index (χ4n) is 2.82. The molecule has 0 atom stereocenters. The van der Waals surface area contributed by atoms with E-state index < -0.39 is 0 Å². The highest BCUT2D eigenvalue weighted by molar-refractivity contribution is 5.92. The first-order valence-electron chi connectivity index (χ1n) is 8.18. The molecule has 23 heavy (non-hydrogen) atoms. The number of hydrogen-bond acceptors (Lipinski definition) is 5. The van der Waals surface area contributed by atoms with Gasteiger partial charge in [-0.15, -0.1) is 0 Å². The van der Waals surface area contributed by atoms with Crippen molar-refractivity contribution < 1.29 is 9.32 Å². The van der Waals surface area contributed by atoms with E-state index in [2.05, 4.69) is 22.4 Å².